The number of rotatable bonds is 6. The molecule has 90 valence electrons. The van der Waals surface area contributed by atoms with Crippen LogP contribution in [-0.4, -0.2) is 24.8 Å². The molecule has 0 bridgehead atoms. The van der Waals surface area contributed by atoms with Gasteiger partial charge in [0, 0.05) is 24.8 Å². The molecule has 0 fully saturated rings. The van der Waals surface area contributed by atoms with Gasteiger partial charge in [-0.2, -0.15) is 0 Å². The lowest BCUT2D eigenvalue weighted by Crippen LogP contribution is -2.27. The van der Waals surface area contributed by atoms with Crippen molar-refractivity contribution < 1.29 is 5.11 Å². The van der Waals surface area contributed by atoms with Gasteiger partial charge >= 0.3 is 0 Å². The Balaban J connectivity index is 2.76. The quantitative estimate of drug-likeness (QED) is 0.773. The second-order valence-corrected chi connectivity index (χ2v) is 4.09. The highest BCUT2D eigenvalue weighted by molar-refractivity contribution is 5.47. The number of anilines is 1. The summed E-state index contributed by atoms with van der Waals surface area (Å²) in [6, 6.07) is 8.33. The van der Waals surface area contributed by atoms with Crippen LogP contribution in [0.25, 0.3) is 0 Å². The average Bonchev–Trinajstić information content (AvgIpc) is 2.29. The second-order valence-electron chi connectivity index (χ2n) is 4.09. The van der Waals surface area contributed by atoms with Gasteiger partial charge in [0.1, 0.15) is 0 Å². The van der Waals surface area contributed by atoms with Crippen molar-refractivity contribution in [1.29, 1.82) is 0 Å². The highest BCUT2D eigenvalue weighted by Gasteiger charge is 2.05. The number of nitrogens with zero attached hydrogens (tertiary/aromatic N) is 1. The van der Waals surface area contributed by atoms with Crippen molar-refractivity contribution in [3.63, 3.8) is 0 Å². The first-order chi connectivity index (χ1) is 7.69. The fourth-order valence-electron chi connectivity index (χ4n) is 1.75. The number of hydrogen-bond donors (Lipinski definition) is 2. The summed E-state index contributed by atoms with van der Waals surface area (Å²) in [6.07, 6.45) is 1.08. The maximum atomic E-state index is 9.01. The molecular formula is C13H22N2O. The Morgan fingerprint density at radius 1 is 1.25 bits per heavy atom. The first-order valence-corrected chi connectivity index (χ1v) is 5.90. The SMILES string of the molecule is CCCN(CCO)c1ccc(C(C)N)cc1. The minimum Gasteiger partial charge on any atom is -0.395 e. The van der Waals surface area contributed by atoms with Crippen molar-refractivity contribution in [2.75, 3.05) is 24.6 Å². The van der Waals surface area contributed by atoms with E-state index in [0.29, 0.717) is 6.54 Å². The van der Waals surface area contributed by atoms with E-state index >= 15 is 0 Å². The van der Waals surface area contributed by atoms with Crippen LogP contribution in [0, 0.1) is 0 Å². The van der Waals surface area contributed by atoms with E-state index in [1.807, 2.05) is 6.92 Å². The molecule has 16 heavy (non-hydrogen) atoms. The number of hydrogen-bond acceptors (Lipinski definition) is 3. The zero-order valence-electron chi connectivity index (χ0n) is 10.2. The van der Waals surface area contributed by atoms with Gasteiger partial charge in [0.05, 0.1) is 6.61 Å². The van der Waals surface area contributed by atoms with Gasteiger partial charge in [-0.15, -0.1) is 0 Å². The Morgan fingerprint density at radius 2 is 1.88 bits per heavy atom. The zero-order valence-corrected chi connectivity index (χ0v) is 10.2. The number of nitrogens with two attached hydrogens (primary N) is 1. The number of aliphatic hydroxyl groups is 1. The highest BCUT2D eigenvalue weighted by atomic mass is 16.3. The van der Waals surface area contributed by atoms with E-state index in [9.17, 15) is 0 Å². The van der Waals surface area contributed by atoms with Gasteiger partial charge in [0.25, 0.3) is 0 Å². The third-order valence-corrected chi connectivity index (χ3v) is 2.65. The molecule has 1 rings (SSSR count). The molecule has 0 amide bonds. The third kappa shape index (κ3) is 3.51. The normalized spacial score (nSPS) is 12.5. The molecule has 3 nitrogen and oxygen atoms in total. The molecule has 1 aromatic rings. The predicted molar refractivity (Wildman–Crippen MR) is 68.6 cm³/mol. The predicted octanol–water partition coefficient (Wildman–Crippen LogP) is 1.92. The van der Waals surface area contributed by atoms with Crippen molar-refractivity contribution in [1.82, 2.24) is 0 Å². The molecule has 0 saturated heterocycles. The molecule has 0 spiro atoms. The lowest BCUT2D eigenvalue weighted by Gasteiger charge is -2.23. The maximum absolute atomic E-state index is 9.01. The summed E-state index contributed by atoms with van der Waals surface area (Å²) in [5.41, 5.74) is 8.10. The lowest BCUT2D eigenvalue weighted by atomic mass is 10.1. The molecule has 1 atom stereocenters. The van der Waals surface area contributed by atoms with Gasteiger partial charge in [-0.1, -0.05) is 19.1 Å². The molecule has 3 heteroatoms. The minimum absolute atomic E-state index is 0.0755. The summed E-state index contributed by atoms with van der Waals surface area (Å²) in [6.45, 7) is 5.96. The minimum atomic E-state index is 0.0755. The van der Waals surface area contributed by atoms with Gasteiger partial charge in [-0.3, -0.25) is 0 Å². The van der Waals surface area contributed by atoms with Crippen molar-refractivity contribution in [2.45, 2.75) is 26.3 Å². The van der Waals surface area contributed by atoms with Crippen LogP contribution in [0.1, 0.15) is 31.9 Å². The van der Waals surface area contributed by atoms with Gasteiger partial charge in [0.2, 0.25) is 0 Å². The van der Waals surface area contributed by atoms with Crippen molar-refractivity contribution >= 4 is 5.69 Å². The van der Waals surface area contributed by atoms with E-state index in [0.717, 1.165) is 24.2 Å². The smallest absolute Gasteiger partial charge is 0.0606 e. The highest BCUT2D eigenvalue weighted by Crippen LogP contribution is 2.18. The summed E-state index contributed by atoms with van der Waals surface area (Å²) < 4.78 is 0. The van der Waals surface area contributed by atoms with Crippen LogP contribution in [0.5, 0.6) is 0 Å². The largest absolute Gasteiger partial charge is 0.395 e. The maximum Gasteiger partial charge on any atom is 0.0606 e. The molecule has 0 aromatic heterocycles. The Kier molecular flexibility index (Phi) is 5.29. The Hall–Kier alpha value is -1.06. The first-order valence-electron chi connectivity index (χ1n) is 5.90. The fraction of sp³-hybridized carbons (Fsp3) is 0.538. The molecule has 3 N–H and O–H groups in total. The standard InChI is InChI=1S/C13H22N2O/c1-3-8-15(9-10-16)13-6-4-12(5-7-13)11(2)14/h4-7,11,16H,3,8-10,14H2,1-2H3. The summed E-state index contributed by atoms with van der Waals surface area (Å²) >= 11 is 0. The zero-order chi connectivity index (χ0) is 12.0. The second kappa shape index (κ2) is 6.51. The first kappa shape index (κ1) is 13.0. The molecule has 0 aliphatic carbocycles. The molecule has 0 aliphatic rings. The van der Waals surface area contributed by atoms with E-state index in [1.165, 1.54) is 0 Å². The van der Waals surface area contributed by atoms with Crippen LogP contribution in [0.3, 0.4) is 0 Å². The van der Waals surface area contributed by atoms with Crippen LogP contribution in [0.2, 0.25) is 0 Å². The monoisotopic (exact) mass is 222 g/mol. The Labute approximate surface area is 97.9 Å². The Morgan fingerprint density at radius 3 is 2.31 bits per heavy atom. The van der Waals surface area contributed by atoms with E-state index in [4.69, 9.17) is 10.8 Å². The van der Waals surface area contributed by atoms with E-state index in [-0.39, 0.29) is 12.6 Å². The van der Waals surface area contributed by atoms with E-state index < -0.39 is 0 Å². The van der Waals surface area contributed by atoms with Gasteiger partial charge < -0.3 is 15.7 Å². The number of benzene rings is 1. The van der Waals surface area contributed by atoms with Crippen LogP contribution >= 0.6 is 0 Å². The van der Waals surface area contributed by atoms with Crippen LogP contribution < -0.4 is 10.6 Å². The molecule has 0 radical (unpaired) electrons. The molecular weight excluding hydrogens is 200 g/mol. The Bertz CT molecular complexity index is 289. The summed E-state index contributed by atoms with van der Waals surface area (Å²) in [7, 11) is 0. The number of aliphatic hydroxyl groups excluding tert-OH is 1. The van der Waals surface area contributed by atoms with E-state index in [1.54, 1.807) is 0 Å². The topological polar surface area (TPSA) is 49.5 Å². The lowest BCUT2D eigenvalue weighted by molar-refractivity contribution is 0.302. The van der Waals surface area contributed by atoms with Crippen LogP contribution in [-0.2, 0) is 0 Å². The van der Waals surface area contributed by atoms with Gasteiger partial charge in [-0.05, 0) is 31.0 Å². The molecule has 0 heterocycles. The summed E-state index contributed by atoms with van der Waals surface area (Å²) in [4.78, 5) is 2.19. The van der Waals surface area contributed by atoms with Crippen LogP contribution in [0.15, 0.2) is 24.3 Å². The molecule has 1 aromatic carbocycles. The van der Waals surface area contributed by atoms with Crippen molar-refractivity contribution in [3.8, 4) is 0 Å². The molecule has 0 aliphatic heterocycles. The van der Waals surface area contributed by atoms with Crippen LogP contribution in [0.4, 0.5) is 5.69 Å². The molecule has 1 unspecified atom stereocenters. The third-order valence-electron chi connectivity index (χ3n) is 2.65. The van der Waals surface area contributed by atoms with Crippen molar-refractivity contribution in [3.05, 3.63) is 29.8 Å². The fourth-order valence-corrected chi connectivity index (χ4v) is 1.75. The summed E-state index contributed by atoms with van der Waals surface area (Å²) in [5.74, 6) is 0. The van der Waals surface area contributed by atoms with E-state index in [2.05, 4.69) is 36.1 Å². The summed E-state index contributed by atoms with van der Waals surface area (Å²) in [5, 5.41) is 9.01. The van der Waals surface area contributed by atoms with Gasteiger partial charge in [0.15, 0.2) is 0 Å². The van der Waals surface area contributed by atoms with Gasteiger partial charge in [-0.25, -0.2) is 0 Å². The average molecular weight is 222 g/mol. The molecule has 0 saturated carbocycles. The van der Waals surface area contributed by atoms with Crippen molar-refractivity contribution in [2.24, 2.45) is 5.73 Å².